The molecule has 3 amide bonds. The molecule has 12 heteroatoms. The Kier molecular flexibility index (Phi) is 12.5. The molecular weight excluding hydrogens is 750 g/mol. The smallest absolute Gasteiger partial charge is 0.521 e. The van der Waals surface area contributed by atoms with E-state index in [-0.39, 0.29) is 79.9 Å². The second-order valence-electron chi connectivity index (χ2n) is 8.96. The third-order valence-electron chi connectivity index (χ3n) is 6.38. The van der Waals surface area contributed by atoms with Gasteiger partial charge in [-0.05, 0) is 30.7 Å². The van der Waals surface area contributed by atoms with Crippen LogP contribution in [0.15, 0.2) is 40.8 Å². The SMILES string of the molecule is COc1cccc(F)c1CNC=O.[CH2-]c1c(C(=O)N(CC(=O)N2CC[C@H]2CO)C([CH2-])C)oc2ccc(F)cc12.[U+2]. The van der Waals surface area contributed by atoms with Gasteiger partial charge in [-0.25, -0.2) is 8.78 Å². The van der Waals surface area contributed by atoms with Gasteiger partial charge in [0.15, 0.2) is 0 Å². The van der Waals surface area contributed by atoms with Crippen molar-refractivity contribution in [2.45, 2.75) is 32.0 Å². The molecule has 2 N–H and O–H groups in total. The van der Waals surface area contributed by atoms with Gasteiger partial charge in [0.25, 0.3) is 0 Å². The van der Waals surface area contributed by atoms with Gasteiger partial charge in [0, 0.05) is 18.7 Å². The van der Waals surface area contributed by atoms with Gasteiger partial charge in [-0.15, -0.1) is 5.56 Å². The average molecular weight is 782 g/mol. The van der Waals surface area contributed by atoms with Crippen LogP contribution in [-0.2, 0) is 16.1 Å². The number of fused-ring (bicyclic) bond motifs is 1. The molecule has 0 bridgehead atoms. The minimum absolute atomic E-state index is 0. The zero-order valence-corrected chi connectivity index (χ0v) is 26.4. The number of furan rings is 1. The molecule has 2 heterocycles. The van der Waals surface area contributed by atoms with Gasteiger partial charge >= 0.3 is 31.1 Å². The minimum atomic E-state index is -0.525. The normalized spacial score (nSPS) is 14.7. The maximum absolute atomic E-state index is 13.4. The van der Waals surface area contributed by atoms with E-state index < -0.39 is 17.8 Å². The molecule has 0 saturated carbocycles. The van der Waals surface area contributed by atoms with Gasteiger partial charge < -0.3 is 36.3 Å². The van der Waals surface area contributed by atoms with Crippen molar-refractivity contribution in [2.75, 3.05) is 26.8 Å². The zero-order valence-electron chi connectivity index (χ0n) is 22.3. The Morgan fingerprint density at radius 3 is 2.62 bits per heavy atom. The molecule has 1 fully saturated rings. The summed E-state index contributed by atoms with van der Waals surface area (Å²) in [6, 6.07) is 7.76. The number of carbonyl (C=O) groups excluding carboxylic acids is 3. The fourth-order valence-electron chi connectivity index (χ4n) is 4.09. The first-order chi connectivity index (χ1) is 18.6. The number of aliphatic hydroxyl groups excluding tert-OH is 1. The number of ether oxygens (including phenoxy) is 1. The monoisotopic (exact) mass is 781 g/mol. The van der Waals surface area contributed by atoms with E-state index in [1.54, 1.807) is 24.0 Å². The Labute approximate surface area is 255 Å². The van der Waals surface area contributed by atoms with Crippen molar-refractivity contribution in [3.63, 3.8) is 0 Å². The number of benzene rings is 2. The number of nitrogens with one attached hydrogen (secondary N) is 1. The predicted molar refractivity (Wildman–Crippen MR) is 140 cm³/mol. The number of hydrogen-bond donors (Lipinski definition) is 2. The number of rotatable bonds is 9. The van der Waals surface area contributed by atoms with Gasteiger partial charge in [0.05, 0.1) is 37.6 Å². The van der Waals surface area contributed by atoms with Crippen molar-refractivity contribution in [2.24, 2.45) is 0 Å². The van der Waals surface area contributed by atoms with Crippen LogP contribution in [0.3, 0.4) is 0 Å². The number of likely N-dealkylation sites (tertiary alicyclic amines) is 1. The van der Waals surface area contributed by atoms with Crippen LogP contribution in [-0.4, -0.2) is 72.0 Å². The summed E-state index contributed by atoms with van der Waals surface area (Å²) in [5, 5.41) is 12.0. The largest absolute Gasteiger partial charge is 2.00 e. The van der Waals surface area contributed by atoms with Crippen molar-refractivity contribution in [3.05, 3.63) is 78.8 Å². The Bertz CT molecular complexity index is 1330. The van der Waals surface area contributed by atoms with E-state index >= 15 is 0 Å². The van der Waals surface area contributed by atoms with Gasteiger partial charge in [-0.1, -0.05) is 30.5 Å². The second kappa shape index (κ2) is 15.1. The number of carbonyl (C=O) groups is 3. The average Bonchev–Trinajstić information content (AvgIpc) is 3.21. The molecule has 1 aliphatic heterocycles. The number of halogens is 2. The third kappa shape index (κ3) is 7.56. The molecule has 3 aromatic rings. The van der Waals surface area contributed by atoms with Crippen molar-refractivity contribution >= 4 is 29.2 Å². The molecule has 1 aromatic heterocycles. The minimum Gasteiger partial charge on any atom is -0.521 e. The number of aliphatic hydroxyl groups is 1. The van der Waals surface area contributed by atoms with Gasteiger partial charge in [0.2, 0.25) is 18.2 Å². The van der Waals surface area contributed by atoms with E-state index in [9.17, 15) is 28.3 Å². The molecule has 0 aliphatic carbocycles. The van der Waals surface area contributed by atoms with Crippen LogP contribution in [0.2, 0.25) is 0 Å². The summed E-state index contributed by atoms with van der Waals surface area (Å²) >= 11 is 0. The molecule has 0 radical (unpaired) electrons. The summed E-state index contributed by atoms with van der Waals surface area (Å²) < 4.78 is 37.1. The first-order valence-corrected chi connectivity index (χ1v) is 12.2. The summed E-state index contributed by atoms with van der Waals surface area (Å²) in [6.45, 7) is 9.78. The number of hydrogen-bond acceptors (Lipinski definition) is 6. The van der Waals surface area contributed by atoms with Crippen molar-refractivity contribution in [1.82, 2.24) is 15.1 Å². The Balaban J connectivity index is 0.000000339. The first kappa shape index (κ1) is 33.1. The summed E-state index contributed by atoms with van der Waals surface area (Å²) in [5.41, 5.74) is 0.989. The summed E-state index contributed by atoms with van der Waals surface area (Å²) in [4.78, 5) is 38.2. The van der Waals surface area contributed by atoms with E-state index in [0.29, 0.717) is 35.2 Å². The summed E-state index contributed by atoms with van der Waals surface area (Å²) in [6.07, 6.45) is 1.26. The molecule has 40 heavy (non-hydrogen) atoms. The molecular formula is C28H31F2N3O6U. The summed E-state index contributed by atoms with van der Waals surface area (Å²) in [5.74, 6) is -1.21. The van der Waals surface area contributed by atoms with Crippen LogP contribution in [0.25, 0.3) is 11.0 Å². The fourth-order valence-corrected chi connectivity index (χ4v) is 4.09. The zero-order chi connectivity index (χ0) is 28.7. The number of amides is 3. The third-order valence-corrected chi connectivity index (χ3v) is 6.38. The van der Waals surface area contributed by atoms with Crippen LogP contribution in [0.4, 0.5) is 8.78 Å². The maximum Gasteiger partial charge on any atom is 2.00 e. The Morgan fingerprint density at radius 2 is 2.05 bits per heavy atom. The predicted octanol–water partition coefficient (Wildman–Crippen LogP) is 3.09. The van der Waals surface area contributed by atoms with Gasteiger partial charge in [0.1, 0.15) is 17.4 Å². The Morgan fingerprint density at radius 1 is 1.32 bits per heavy atom. The van der Waals surface area contributed by atoms with E-state index in [1.165, 1.54) is 36.3 Å². The van der Waals surface area contributed by atoms with Crippen LogP contribution < -0.4 is 10.1 Å². The molecule has 1 unspecified atom stereocenters. The van der Waals surface area contributed by atoms with Crippen molar-refractivity contribution in [1.29, 1.82) is 0 Å². The fraction of sp³-hybridized carbons (Fsp3) is 0.321. The molecule has 0 spiro atoms. The number of nitrogens with zero attached hydrogens (tertiary/aromatic N) is 2. The van der Waals surface area contributed by atoms with E-state index in [1.807, 2.05) is 0 Å². The van der Waals surface area contributed by atoms with Gasteiger partial charge in [-0.2, -0.15) is 6.92 Å². The molecule has 2 aromatic carbocycles. The molecule has 2 atom stereocenters. The molecule has 1 saturated heterocycles. The van der Waals surface area contributed by atoms with Crippen molar-refractivity contribution in [3.8, 4) is 5.75 Å². The standard InChI is InChI=1S/C19H21FN2O4.C9H10FNO2.U/c1-11(2)22(9-17(24)21-7-6-14(21)10-23)19(25)18-12(3)15-8-13(20)4-5-16(15)26-18;1-13-9-4-2-3-8(10)7(9)5-11-6-12;/h4-5,8,11,14,23H,1,3,6-7,9-10H2,2H3;2-4,6H,5H2,1H3,(H,11,12);/q-2;;+2/t11?,14-;;/m0../s1. The quantitative estimate of drug-likeness (QED) is 0.255. The van der Waals surface area contributed by atoms with E-state index in [0.717, 1.165) is 6.42 Å². The topological polar surface area (TPSA) is 112 Å². The maximum atomic E-state index is 13.4. The van der Waals surface area contributed by atoms with Crippen LogP contribution in [0.1, 0.15) is 35.0 Å². The number of methoxy groups -OCH3 is 1. The molecule has 9 nitrogen and oxygen atoms in total. The Hall–Kier alpha value is -3.07. The van der Waals surface area contributed by atoms with E-state index in [4.69, 9.17) is 9.15 Å². The first-order valence-electron chi connectivity index (χ1n) is 12.2. The molecule has 4 rings (SSSR count). The summed E-state index contributed by atoms with van der Waals surface area (Å²) in [7, 11) is 1.46. The van der Waals surface area contributed by atoms with Gasteiger partial charge in [-0.3, -0.25) is 14.4 Å². The molecule has 1 aliphatic rings. The van der Waals surface area contributed by atoms with Crippen LogP contribution in [0, 0.1) is 56.6 Å². The van der Waals surface area contributed by atoms with Crippen LogP contribution in [0.5, 0.6) is 5.75 Å². The second-order valence-corrected chi connectivity index (χ2v) is 8.96. The molecule has 212 valence electrons. The van der Waals surface area contributed by atoms with Crippen LogP contribution >= 0.6 is 0 Å². The van der Waals surface area contributed by atoms with Crippen molar-refractivity contribution < 1.29 is 68.5 Å². The van der Waals surface area contributed by atoms with E-state index in [2.05, 4.69) is 19.2 Å².